The fourth-order valence-electron chi connectivity index (χ4n) is 3.05. The summed E-state index contributed by atoms with van der Waals surface area (Å²) >= 11 is 3.59. The van der Waals surface area contributed by atoms with E-state index < -0.39 is 0 Å². The highest BCUT2D eigenvalue weighted by Crippen LogP contribution is 2.27. The lowest BCUT2D eigenvalue weighted by molar-refractivity contribution is 0.0900. The maximum atomic E-state index is 5.31. The zero-order valence-electron chi connectivity index (χ0n) is 13.5. The van der Waals surface area contributed by atoms with Gasteiger partial charge in [0.2, 0.25) is 0 Å². The summed E-state index contributed by atoms with van der Waals surface area (Å²) in [6, 6.07) is 7.61. The number of benzene rings is 1. The maximum absolute atomic E-state index is 5.31. The molecule has 1 aliphatic rings. The van der Waals surface area contributed by atoms with Gasteiger partial charge in [-0.15, -0.1) is 0 Å². The second-order valence-corrected chi connectivity index (χ2v) is 7.08. The van der Waals surface area contributed by atoms with Crippen molar-refractivity contribution in [1.82, 2.24) is 10.2 Å². The van der Waals surface area contributed by atoms with E-state index in [1.807, 2.05) is 6.07 Å². The lowest BCUT2D eigenvalue weighted by atomic mass is 9.97. The van der Waals surface area contributed by atoms with Crippen molar-refractivity contribution in [2.75, 3.05) is 20.2 Å². The van der Waals surface area contributed by atoms with Crippen molar-refractivity contribution in [1.29, 1.82) is 0 Å². The molecule has 4 heteroatoms. The standard InChI is InChI=1S/C17H27BrN2O/c1-5-14-11-20(16(9-19-14)12(2)3)10-13-6-7-17(21-4)15(18)8-13/h6-8,12,14,16,19H,5,9-11H2,1-4H3. The number of piperazine rings is 1. The van der Waals surface area contributed by atoms with Crippen molar-refractivity contribution in [2.45, 2.75) is 45.8 Å². The molecule has 1 heterocycles. The Morgan fingerprint density at radius 3 is 2.76 bits per heavy atom. The van der Waals surface area contributed by atoms with E-state index in [4.69, 9.17) is 4.74 Å². The molecular weight excluding hydrogens is 328 g/mol. The molecule has 2 unspecified atom stereocenters. The van der Waals surface area contributed by atoms with E-state index in [2.05, 4.69) is 59.1 Å². The van der Waals surface area contributed by atoms with Crippen molar-refractivity contribution in [3.05, 3.63) is 28.2 Å². The predicted octanol–water partition coefficient (Wildman–Crippen LogP) is 3.67. The summed E-state index contributed by atoms with van der Waals surface area (Å²) in [6.45, 7) is 10.1. The van der Waals surface area contributed by atoms with E-state index >= 15 is 0 Å². The van der Waals surface area contributed by atoms with Gasteiger partial charge in [-0.2, -0.15) is 0 Å². The second kappa shape index (κ2) is 7.61. The Balaban J connectivity index is 2.11. The molecule has 1 N–H and O–H groups in total. The molecule has 2 atom stereocenters. The quantitative estimate of drug-likeness (QED) is 0.872. The van der Waals surface area contributed by atoms with Crippen LogP contribution in [0.5, 0.6) is 5.75 Å². The van der Waals surface area contributed by atoms with Gasteiger partial charge in [0.15, 0.2) is 0 Å². The molecule has 118 valence electrons. The molecule has 0 aromatic heterocycles. The van der Waals surface area contributed by atoms with Crippen molar-refractivity contribution in [3.63, 3.8) is 0 Å². The molecule has 1 aromatic carbocycles. The summed E-state index contributed by atoms with van der Waals surface area (Å²) in [4.78, 5) is 2.63. The van der Waals surface area contributed by atoms with Gasteiger partial charge in [0.25, 0.3) is 0 Å². The Morgan fingerprint density at radius 2 is 2.19 bits per heavy atom. The van der Waals surface area contributed by atoms with Crippen molar-refractivity contribution in [3.8, 4) is 5.75 Å². The van der Waals surface area contributed by atoms with Gasteiger partial charge in [0, 0.05) is 31.7 Å². The van der Waals surface area contributed by atoms with Crippen molar-refractivity contribution in [2.24, 2.45) is 5.92 Å². The minimum atomic E-state index is 0.605. The van der Waals surface area contributed by atoms with Gasteiger partial charge in [-0.25, -0.2) is 0 Å². The third kappa shape index (κ3) is 4.21. The van der Waals surface area contributed by atoms with E-state index in [1.54, 1.807) is 7.11 Å². The number of hydrogen-bond acceptors (Lipinski definition) is 3. The molecule has 0 bridgehead atoms. The SMILES string of the molecule is CCC1CN(Cc2ccc(OC)c(Br)c2)C(C(C)C)CN1. The Kier molecular flexibility index (Phi) is 6.08. The van der Waals surface area contributed by atoms with Crippen LogP contribution < -0.4 is 10.1 Å². The normalized spacial score (nSPS) is 23.5. The van der Waals surface area contributed by atoms with Crippen LogP contribution in [0.3, 0.4) is 0 Å². The number of nitrogens with one attached hydrogen (secondary N) is 1. The topological polar surface area (TPSA) is 24.5 Å². The van der Waals surface area contributed by atoms with Crippen LogP contribution in [0.25, 0.3) is 0 Å². The molecule has 1 aliphatic heterocycles. The fourth-order valence-corrected chi connectivity index (χ4v) is 3.64. The van der Waals surface area contributed by atoms with Gasteiger partial charge >= 0.3 is 0 Å². The largest absolute Gasteiger partial charge is 0.496 e. The van der Waals surface area contributed by atoms with E-state index in [-0.39, 0.29) is 0 Å². The third-order valence-corrected chi connectivity index (χ3v) is 5.02. The number of halogens is 1. The van der Waals surface area contributed by atoms with Gasteiger partial charge in [0.05, 0.1) is 11.6 Å². The van der Waals surface area contributed by atoms with Crippen LogP contribution in [0.1, 0.15) is 32.8 Å². The Bertz CT molecular complexity index is 464. The summed E-state index contributed by atoms with van der Waals surface area (Å²) in [5, 5.41) is 3.67. The maximum Gasteiger partial charge on any atom is 0.133 e. The molecule has 0 radical (unpaired) electrons. The minimum absolute atomic E-state index is 0.605. The summed E-state index contributed by atoms with van der Waals surface area (Å²) in [7, 11) is 1.71. The molecule has 3 nitrogen and oxygen atoms in total. The van der Waals surface area contributed by atoms with Crippen LogP contribution >= 0.6 is 15.9 Å². The van der Waals surface area contributed by atoms with Crippen molar-refractivity contribution < 1.29 is 4.74 Å². The number of nitrogens with zero attached hydrogens (tertiary/aromatic N) is 1. The van der Waals surface area contributed by atoms with Crippen LogP contribution in [-0.2, 0) is 6.54 Å². The summed E-state index contributed by atoms with van der Waals surface area (Å²) in [5.74, 6) is 1.56. The summed E-state index contributed by atoms with van der Waals surface area (Å²) < 4.78 is 6.35. The molecule has 0 saturated carbocycles. The van der Waals surface area contributed by atoms with Gasteiger partial charge in [0.1, 0.15) is 5.75 Å². The van der Waals surface area contributed by atoms with Crippen molar-refractivity contribution >= 4 is 15.9 Å². The van der Waals surface area contributed by atoms with Gasteiger partial charge in [-0.05, 0) is 46.0 Å². The number of hydrogen-bond donors (Lipinski definition) is 1. The van der Waals surface area contributed by atoms with Crippen LogP contribution in [0, 0.1) is 5.92 Å². The lowest BCUT2D eigenvalue weighted by Gasteiger charge is -2.42. The average molecular weight is 355 g/mol. The number of rotatable bonds is 5. The second-order valence-electron chi connectivity index (χ2n) is 6.22. The third-order valence-electron chi connectivity index (χ3n) is 4.40. The Labute approximate surface area is 137 Å². The first kappa shape index (κ1) is 16.8. The smallest absolute Gasteiger partial charge is 0.133 e. The van der Waals surface area contributed by atoms with E-state index in [0.29, 0.717) is 18.0 Å². The minimum Gasteiger partial charge on any atom is -0.496 e. The first-order valence-electron chi connectivity index (χ1n) is 7.85. The van der Waals surface area contributed by atoms with Crippen LogP contribution in [0.15, 0.2) is 22.7 Å². The average Bonchev–Trinajstić information content (AvgIpc) is 2.47. The Morgan fingerprint density at radius 1 is 1.43 bits per heavy atom. The summed E-state index contributed by atoms with van der Waals surface area (Å²) in [5.41, 5.74) is 1.34. The molecular formula is C17H27BrN2O. The highest BCUT2D eigenvalue weighted by atomic mass is 79.9. The highest BCUT2D eigenvalue weighted by molar-refractivity contribution is 9.10. The first-order chi connectivity index (χ1) is 10.0. The zero-order valence-corrected chi connectivity index (χ0v) is 15.1. The first-order valence-corrected chi connectivity index (χ1v) is 8.64. The molecule has 1 fully saturated rings. The van der Waals surface area contributed by atoms with Gasteiger partial charge < -0.3 is 10.1 Å². The summed E-state index contributed by atoms with van der Waals surface area (Å²) in [6.07, 6.45) is 1.19. The number of methoxy groups -OCH3 is 1. The molecule has 0 spiro atoms. The van der Waals surface area contributed by atoms with Gasteiger partial charge in [-0.1, -0.05) is 26.8 Å². The molecule has 0 amide bonds. The monoisotopic (exact) mass is 354 g/mol. The predicted molar refractivity (Wildman–Crippen MR) is 91.8 cm³/mol. The molecule has 1 aromatic rings. The lowest BCUT2D eigenvalue weighted by Crippen LogP contribution is -2.57. The van der Waals surface area contributed by atoms with Crippen LogP contribution in [0.4, 0.5) is 0 Å². The van der Waals surface area contributed by atoms with Crippen LogP contribution in [-0.4, -0.2) is 37.2 Å². The Hall–Kier alpha value is -0.580. The molecule has 1 saturated heterocycles. The van der Waals surface area contributed by atoms with E-state index in [9.17, 15) is 0 Å². The highest BCUT2D eigenvalue weighted by Gasteiger charge is 2.29. The van der Waals surface area contributed by atoms with Gasteiger partial charge in [-0.3, -0.25) is 4.90 Å². The molecule has 2 rings (SSSR count). The fraction of sp³-hybridized carbons (Fsp3) is 0.647. The zero-order chi connectivity index (χ0) is 15.4. The van der Waals surface area contributed by atoms with E-state index in [0.717, 1.165) is 29.9 Å². The molecule has 21 heavy (non-hydrogen) atoms. The van der Waals surface area contributed by atoms with E-state index in [1.165, 1.54) is 12.0 Å². The van der Waals surface area contributed by atoms with Crippen LogP contribution in [0.2, 0.25) is 0 Å². The molecule has 0 aliphatic carbocycles. The number of ether oxygens (including phenoxy) is 1.